The molecule has 0 aromatic heterocycles. The monoisotopic (exact) mass is 483 g/mol. The first-order chi connectivity index (χ1) is 17.6. The molecule has 182 valence electrons. The summed E-state index contributed by atoms with van der Waals surface area (Å²) >= 11 is 0. The van der Waals surface area contributed by atoms with Crippen LogP contribution in [0.25, 0.3) is 5.76 Å². The maximum absolute atomic E-state index is 13.3. The van der Waals surface area contributed by atoms with Gasteiger partial charge in [-0.3, -0.25) is 9.59 Å². The molecule has 0 saturated carbocycles. The summed E-state index contributed by atoms with van der Waals surface area (Å²) in [5, 5.41) is 11.4. The molecule has 2 aliphatic heterocycles. The van der Waals surface area contributed by atoms with Gasteiger partial charge in [0.15, 0.2) is 11.5 Å². The zero-order chi connectivity index (χ0) is 25.1. The number of ether oxygens (including phenoxy) is 3. The summed E-state index contributed by atoms with van der Waals surface area (Å²) in [4.78, 5) is 28.1. The fraction of sp³-hybridized carbons (Fsp3) is 0.172. The Balaban J connectivity index is 1.62. The Morgan fingerprint density at radius 3 is 2.56 bits per heavy atom. The number of benzene rings is 3. The number of aliphatic hydroxyl groups is 1. The molecule has 5 rings (SSSR count). The molecule has 0 bridgehead atoms. The summed E-state index contributed by atoms with van der Waals surface area (Å²) in [5.74, 6) is -0.104. The minimum Gasteiger partial charge on any atom is -0.507 e. The van der Waals surface area contributed by atoms with Crippen LogP contribution in [0.2, 0.25) is 0 Å². The van der Waals surface area contributed by atoms with E-state index in [-0.39, 0.29) is 17.9 Å². The van der Waals surface area contributed by atoms with Crippen molar-refractivity contribution in [3.8, 4) is 17.2 Å². The van der Waals surface area contributed by atoms with Crippen molar-refractivity contribution in [2.24, 2.45) is 0 Å². The zero-order valence-electron chi connectivity index (χ0n) is 19.6. The Labute approximate surface area is 208 Å². The predicted molar refractivity (Wildman–Crippen MR) is 134 cm³/mol. The van der Waals surface area contributed by atoms with Crippen LogP contribution in [0.4, 0.5) is 0 Å². The van der Waals surface area contributed by atoms with Crippen LogP contribution >= 0.6 is 0 Å². The molecular formula is C29H25NO6. The molecule has 36 heavy (non-hydrogen) atoms. The lowest BCUT2D eigenvalue weighted by Crippen LogP contribution is -2.29. The van der Waals surface area contributed by atoms with E-state index in [0.717, 1.165) is 5.56 Å². The molecule has 1 saturated heterocycles. The van der Waals surface area contributed by atoms with Crippen LogP contribution in [-0.4, -0.2) is 41.5 Å². The van der Waals surface area contributed by atoms with Crippen molar-refractivity contribution < 1.29 is 28.9 Å². The standard InChI is InChI=1S/C29H25NO6/c1-2-13-34-22-10-6-9-20(16-22)26-25(27(31)21-11-12-23-24(17-21)36-15-14-35-23)28(32)29(33)30(26)18-19-7-4-3-5-8-19/h2-12,16-17,26,31H,1,13-15,18H2/b27-25+/t26-/m1/s1. The van der Waals surface area contributed by atoms with E-state index in [2.05, 4.69) is 6.58 Å². The molecule has 3 aromatic rings. The Hall–Kier alpha value is -4.52. The number of carbonyl (C=O) groups is 2. The predicted octanol–water partition coefficient (Wildman–Crippen LogP) is 4.64. The molecule has 1 N–H and O–H groups in total. The van der Waals surface area contributed by atoms with Crippen molar-refractivity contribution >= 4 is 17.4 Å². The first kappa shape index (κ1) is 23.2. The Morgan fingerprint density at radius 2 is 1.78 bits per heavy atom. The molecule has 0 aliphatic carbocycles. The smallest absolute Gasteiger partial charge is 0.295 e. The number of carbonyl (C=O) groups excluding carboxylic acids is 2. The second-order valence-electron chi connectivity index (χ2n) is 8.44. The number of hydrogen-bond donors (Lipinski definition) is 1. The highest BCUT2D eigenvalue weighted by atomic mass is 16.6. The summed E-state index contributed by atoms with van der Waals surface area (Å²) in [6, 6.07) is 20.7. The molecule has 2 aliphatic rings. The summed E-state index contributed by atoms with van der Waals surface area (Å²) in [6.07, 6.45) is 1.63. The van der Waals surface area contributed by atoms with Gasteiger partial charge in [-0.05, 0) is 41.5 Å². The average molecular weight is 484 g/mol. The average Bonchev–Trinajstić information content (AvgIpc) is 3.17. The van der Waals surface area contributed by atoms with Gasteiger partial charge in [0, 0.05) is 12.1 Å². The van der Waals surface area contributed by atoms with Gasteiger partial charge in [0.1, 0.15) is 31.3 Å². The molecule has 3 aromatic carbocycles. The topological polar surface area (TPSA) is 85.3 Å². The second kappa shape index (κ2) is 10.00. The highest BCUT2D eigenvalue weighted by Gasteiger charge is 2.46. The molecule has 1 atom stereocenters. The van der Waals surface area contributed by atoms with Gasteiger partial charge in [0.05, 0.1) is 11.6 Å². The Morgan fingerprint density at radius 1 is 1.00 bits per heavy atom. The van der Waals surface area contributed by atoms with Crippen molar-refractivity contribution in [1.29, 1.82) is 0 Å². The summed E-state index contributed by atoms with van der Waals surface area (Å²) in [5.41, 5.74) is 1.88. The zero-order valence-corrected chi connectivity index (χ0v) is 19.6. The number of fused-ring (bicyclic) bond motifs is 1. The van der Waals surface area contributed by atoms with Gasteiger partial charge in [-0.1, -0.05) is 55.1 Å². The van der Waals surface area contributed by atoms with E-state index >= 15 is 0 Å². The van der Waals surface area contributed by atoms with E-state index in [9.17, 15) is 14.7 Å². The number of amides is 1. The SMILES string of the molecule is C=CCOc1cccc([C@@H]2/C(=C(\O)c3ccc4c(c3)OCCO4)C(=O)C(=O)N2Cc2ccccc2)c1. The third-order valence-corrected chi connectivity index (χ3v) is 6.09. The molecule has 7 heteroatoms. The van der Waals surface area contributed by atoms with E-state index in [1.54, 1.807) is 42.5 Å². The summed E-state index contributed by atoms with van der Waals surface area (Å²) in [6.45, 7) is 5.00. The van der Waals surface area contributed by atoms with Gasteiger partial charge in [0.25, 0.3) is 11.7 Å². The first-order valence-corrected chi connectivity index (χ1v) is 11.6. The van der Waals surface area contributed by atoms with Gasteiger partial charge in [-0.25, -0.2) is 0 Å². The van der Waals surface area contributed by atoms with Crippen LogP contribution in [0.1, 0.15) is 22.7 Å². The van der Waals surface area contributed by atoms with Crippen molar-refractivity contribution in [2.45, 2.75) is 12.6 Å². The van der Waals surface area contributed by atoms with Gasteiger partial charge in [-0.2, -0.15) is 0 Å². The number of likely N-dealkylation sites (tertiary alicyclic amines) is 1. The third kappa shape index (κ3) is 4.43. The molecule has 1 fully saturated rings. The van der Waals surface area contributed by atoms with E-state index < -0.39 is 17.7 Å². The largest absolute Gasteiger partial charge is 0.507 e. The lowest BCUT2D eigenvalue weighted by molar-refractivity contribution is -0.140. The lowest BCUT2D eigenvalue weighted by atomic mass is 9.95. The number of ketones is 1. The fourth-order valence-corrected chi connectivity index (χ4v) is 4.45. The summed E-state index contributed by atoms with van der Waals surface area (Å²) in [7, 11) is 0. The highest BCUT2D eigenvalue weighted by molar-refractivity contribution is 6.46. The third-order valence-electron chi connectivity index (χ3n) is 6.09. The first-order valence-electron chi connectivity index (χ1n) is 11.6. The van der Waals surface area contributed by atoms with Crippen molar-refractivity contribution in [1.82, 2.24) is 4.90 Å². The van der Waals surface area contributed by atoms with Crippen molar-refractivity contribution in [3.05, 3.63) is 108 Å². The van der Waals surface area contributed by atoms with Crippen LogP contribution in [-0.2, 0) is 16.1 Å². The van der Waals surface area contributed by atoms with Crippen LogP contribution in [0.3, 0.4) is 0 Å². The number of Topliss-reactive ketones (excluding diaryl/α,β-unsaturated/α-hetero) is 1. The molecule has 2 heterocycles. The van der Waals surface area contributed by atoms with Gasteiger partial charge < -0.3 is 24.2 Å². The van der Waals surface area contributed by atoms with E-state index in [0.29, 0.717) is 48.2 Å². The maximum atomic E-state index is 13.3. The number of nitrogens with zero attached hydrogens (tertiary/aromatic N) is 1. The van der Waals surface area contributed by atoms with Crippen molar-refractivity contribution in [3.63, 3.8) is 0 Å². The maximum Gasteiger partial charge on any atom is 0.295 e. The minimum atomic E-state index is -0.814. The second-order valence-corrected chi connectivity index (χ2v) is 8.44. The molecule has 0 radical (unpaired) electrons. The van der Waals surface area contributed by atoms with E-state index in [4.69, 9.17) is 14.2 Å². The van der Waals surface area contributed by atoms with Crippen molar-refractivity contribution in [2.75, 3.05) is 19.8 Å². The number of rotatable bonds is 7. The quantitative estimate of drug-likeness (QED) is 0.228. The van der Waals surface area contributed by atoms with Gasteiger partial charge in [0.2, 0.25) is 0 Å². The van der Waals surface area contributed by atoms with Crippen LogP contribution in [0.15, 0.2) is 91.0 Å². The molecule has 0 unspecified atom stereocenters. The van der Waals surface area contributed by atoms with E-state index in [1.807, 2.05) is 36.4 Å². The number of aliphatic hydroxyl groups excluding tert-OH is 1. The van der Waals surface area contributed by atoms with Gasteiger partial charge in [-0.15, -0.1) is 0 Å². The highest BCUT2D eigenvalue weighted by Crippen LogP contribution is 2.42. The lowest BCUT2D eigenvalue weighted by Gasteiger charge is -2.26. The Bertz CT molecular complexity index is 1350. The number of hydrogen-bond acceptors (Lipinski definition) is 6. The van der Waals surface area contributed by atoms with Crippen LogP contribution in [0.5, 0.6) is 17.2 Å². The van der Waals surface area contributed by atoms with Gasteiger partial charge >= 0.3 is 0 Å². The summed E-state index contributed by atoms with van der Waals surface area (Å²) < 4.78 is 16.9. The minimum absolute atomic E-state index is 0.00785. The Kier molecular flexibility index (Phi) is 6.45. The molecule has 0 spiro atoms. The molecule has 1 amide bonds. The molecular weight excluding hydrogens is 458 g/mol. The van der Waals surface area contributed by atoms with Crippen LogP contribution in [0, 0.1) is 0 Å². The normalized spacial score (nSPS) is 18.2. The molecule has 7 nitrogen and oxygen atoms in total. The van der Waals surface area contributed by atoms with E-state index in [1.165, 1.54) is 4.90 Å². The van der Waals surface area contributed by atoms with Crippen LogP contribution < -0.4 is 14.2 Å². The fourth-order valence-electron chi connectivity index (χ4n) is 4.45.